The molecule has 13 heavy (non-hydrogen) atoms. The Morgan fingerprint density at radius 3 is 2.92 bits per heavy atom. The van der Waals surface area contributed by atoms with Crippen molar-refractivity contribution in [3.63, 3.8) is 0 Å². The topological polar surface area (TPSA) is 37.5 Å². The lowest BCUT2D eigenvalue weighted by molar-refractivity contribution is 0.0781. The lowest BCUT2D eigenvalue weighted by Gasteiger charge is -2.17. The van der Waals surface area contributed by atoms with Gasteiger partial charge in [-0.3, -0.25) is 0 Å². The molecule has 0 aliphatic carbocycles. The average Bonchev–Trinajstić information content (AvgIpc) is 2.47. The van der Waals surface area contributed by atoms with Crippen LogP contribution in [0.15, 0.2) is 24.5 Å². The molecular formula is C10H11N2O. The fourth-order valence-electron chi connectivity index (χ4n) is 1.23. The number of aromatic nitrogens is 2. The van der Waals surface area contributed by atoms with Crippen LogP contribution in [0.4, 0.5) is 0 Å². The molecule has 0 atom stereocenters. The molecule has 0 aromatic carbocycles. The first-order chi connectivity index (χ1) is 6.07. The van der Waals surface area contributed by atoms with Crippen molar-refractivity contribution in [1.82, 2.24) is 9.38 Å². The Labute approximate surface area is 76.7 Å². The highest BCUT2D eigenvalue weighted by molar-refractivity contribution is 5.40. The summed E-state index contributed by atoms with van der Waals surface area (Å²) in [6.45, 7) is 3.52. The Morgan fingerprint density at radius 1 is 1.46 bits per heavy atom. The molecule has 2 aromatic heterocycles. The second-order valence-corrected chi connectivity index (χ2v) is 3.61. The van der Waals surface area contributed by atoms with Crippen LogP contribution >= 0.6 is 0 Å². The van der Waals surface area contributed by atoms with E-state index in [9.17, 15) is 5.11 Å². The number of hydrogen-bond acceptors (Lipinski definition) is 2. The maximum Gasteiger partial charge on any atom is 0.137 e. The van der Waals surface area contributed by atoms with E-state index in [2.05, 4.69) is 11.2 Å². The first-order valence-corrected chi connectivity index (χ1v) is 4.15. The highest BCUT2D eigenvalue weighted by Gasteiger charge is 2.15. The molecule has 2 aromatic rings. The van der Waals surface area contributed by atoms with Gasteiger partial charge in [-0.1, -0.05) is 6.07 Å². The molecule has 0 unspecified atom stereocenters. The number of nitrogens with zero attached hydrogens (tertiary/aromatic N) is 2. The van der Waals surface area contributed by atoms with Gasteiger partial charge in [0.25, 0.3) is 0 Å². The Balaban J connectivity index is 2.61. The van der Waals surface area contributed by atoms with E-state index >= 15 is 0 Å². The van der Waals surface area contributed by atoms with E-state index in [1.807, 2.05) is 22.7 Å². The van der Waals surface area contributed by atoms with E-state index in [1.54, 1.807) is 20.0 Å². The third kappa shape index (κ3) is 1.42. The third-order valence-electron chi connectivity index (χ3n) is 2.04. The zero-order valence-corrected chi connectivity index (χ0v) is 7.65. The molecule has 0 fully saturated rings. The molecule has 0 spiro atoms. The fourth-order valence-corrected chi connectivity index (χ4v) is 1.23. The summed E-state index contributed by atoms with van der Waals surface area (Å²) >= 11 is 0. The summed E-state index contributed by atoms with van der Waals surface area (Å²) in [7, 11) is 0. The molecule has 0 aliphatic heterocycles. The van der Waals surface area contributed by atoms with Gasteiger partial charge in [0.15, 0.2) is 0 Å². The Morgan fingerprint density at radius 2 is 2.23 bits per heavy atom. The molecule has 2 heterocycles. The van der Waals surface area contributed by atoms with E-state index < -0.39 is 5.60 Å². The highest BCUT2D eigenvalue weighted by atomic mass is 16.3. The largest absolute Gasteiger partial charge is 0.386 e. The van der Waals surface area contributed by atoms with E-state index in [1.165, 1.54) is 0 Å². The van der Waals surface area contributed by atoms with Crippen molar-refractivity contribution in [1.29, 1.82) is 0 Å². The van der Waals surface area contributed by atoms with Crippen molar-refractivity contribution < 1.29 is 5.11 Å². The Hall–Kier alpha value is -1.35. The normalized spacial score (nSPS) is 12.2. The summed E-state index contributed by atoms with van der Waals surface area (Å²) in [5, 5.41) is 9.74. The summed E-state index contributed by atoms with van der Waals surface area (Å²) in [6, 6.07) is 3.74. The van der Waals surface area contributed by atoms with E-state index in [0.717, 1.165) is 11.2 Å². The van der Waals surface area contributed by atoms with E-state index in [0.29, 0.717) is 0 Å². The third-order valence-corrected chi connectivity index (χ3v) is 2.04. The van der Waals surface area contributed by atoms with Crippen LogP contribution in [0.5, 0.6) is 0 Å². The summed E-state index contributed by atoms with van der Waals surface area (Å²) in [6.07, 6.45) is 6.35. The molecule has 0 bridgehead atoms. The van der Waals surface area contributed by atoms with E-state index in [-0.39, 0.29) is 0 Å². The molecule has 1 N–H and O–H groups in total. The van der Waals surface area contributed by atoms with Gasteiger partial charge in [0.2, 0.25) is 0 Å². The van der Waals surface area contributed by atoms with Gasteiger partial charge >= 0.3 is 0 Å². The molecular weight excluding hydrogens is 164 g/mol. The van der Waals surface area contributed by atoms with Crippen molar-refractivity contribution in [2.45, 2.75) is 19.4 Å². The van der Waals surface area contributed by atoms with Gasteiger partial charge in [0, 0.05) is 12.4 Å². The SMILES string of the molecule is CC(C)(O)c1ccc2n[c]cn2c1. The van der Waals surface area contributed by atoms with Crippen LogP contribution in [0.3, 0.4) is 0 Å². The molecule has 67 valence electrons. The monoisotopic (exact) mass is 175 g/mol. The van der Waals surface area contributed by atoms with Crippen LogP contribution in [-0.2, 0) is 5.60 Å². The maximum atomic E-state index is 9.74. The smallest absolute Gasteiger partial charge is 0.137 e. The summed E-state index contributed by atoms with van der Waals surface area (Å²) in [4.78, 5) is 4.00. The van der Waals surface area contributed by atoms with Gasteiger partial charge in [-0.2, -0.15) is 0 Å². The summed E-state index contributed by atoms with van der Waals surface area (Å²) < 4.78 is 1.84. The van der Waals surface area contributed by atoms with Crippen LogP contribution in [0.1, 0.15) is 19.4 Å². The fraction of sp³-hybridized carbons (Fsp3) is 0.300. The van der Waals surface area contributed by atoms with Gasteiger partial charge in [-0.15, -0.1) is 0 Å². The molecule has 3 heteroatoms. The minimum absolute atomic E-state index is 0.807. The number of pyridine rings is 1. The predicted molar refractivity (Wildman–Crippen MR) is 49.3 cm³/mol. The first kappa shape index (κ1) is 8.26. The van der Waals surface area contributed by atoms with Crippen molar-refractivity contribution in [3.8, 4) is 0 Å². The molecule has 1 radical (unpaired) electrons. The van der Waals surface area contributed by atoms with Crippen LogP contribution < -0.4 is 0 Å². The molecule has 0 aliphatic rings. The van der Waals surface area contributed by atoms with Crippen molar-refractivity contribution in [2.24, 2.45) is 0 Å². The van der Waals surface area contributed by atoms with Gasteiger partial charge < -0.3 is 9.51 Å². The van der Waals surface area contributed by atoms with Crippen molar-refractivity contribution in [3.05, 3.63) is 36.3 Å². The lowest BCUT2D eigenvalue weighted by Crippen LogP contribution is -2.15. The molecule has 0 saturated carbocycles. The predicted octanol–water partition coefficient (Wildman–Crippen LogP) is 1.36. The Bertz CT molecular complexity index is 426. The standard InChI is InChI=1S/C10H11N2O/c1-10(2,13)8-3-4-9-11-5-6-12(9)7-8/h3-4,6-7,13H,1-2H3. The van der Waals surface area contributed by atoms with E-state index in [4.69, 9.17) is 0 Å². The number of aliphatic hydroxyl groups is 1. The first-order valence-electron chi connectivity index (χ1n) is 4.15. The number of rotatable bonds is 1. The zero-order chi connectivity index (χ0) is 9.47. The summed E-state index contributed by atoms with van der Waals surface area (Å²) in [5.74, 6) is 0. The van der Waals surface area contributed by atoms with Crippen LogP contribution in [-0.4, -0.2) is 14.5 Å². The van der Waals surface area contributed by atoms with Crippen molar-refractivity contribution >= 4 is 5.65 Å². The lowest BCUT2D eigenvalue weighted by atomic mass is 10.0. The van der Waals surface area contributed by atoms with Gasteiger partial charge in [0.05, 0.1) is 5.60 Å². The second kappa shape index (κ2) is 2.57. The minimum atomic E-state index is -0.807. The quantitative estimate of drug-likeness (QED) is 0.710. The molecule has 0 saturated heterocycles. The maximum absolute atomic E-state index is 9.74. The molecule has 2 rings (SSSR count). The van der Waals surface area contributed by atoms with Crippen LogP contribution in [0, 0.1) is 6.20 Å². The Kier molecular flexibility index (Phi) is 1.63. The van der Waals surface area contributed by atoms with Crippen LogP contribution in [0.2, 0.25) is 0 Å². The zero-order valence-electron chi connectivity index (χ0n) is 7.65. The van der Waals surface area contributed by atoms with Crippen LogP contribution in [0.25, 0.3) is 5.65 Å². The van der Waals surface area contributed by atoms with Gasteiger partial charge in [-0.25, -0.2) is 4.98 Å². The van der Waals surface area contributed by atoms with Crippen molar-refractivity contribution in [2.75, 3.05) is 0 Å². The number of hydrogen-bond donors (Lipinski definition) is 1. The summed E-state index contributed by atoms with van der Waals surface area (Å²) in [5.41, 5.74) is 0.901. The second-order valence-electron chi connectivity index (χ2n) is 3.61. The number of imidazole rings is 1. The molecule has 3 nitrogen and oxygen atoms in total. The van der Waals surface area contributed by atoms with Gasteiger partial charge in [-0.05, 0) is 25.5 Å². The average molecular weight is 175 g/mol. The number of fused-ring (bicyclic) bond motifs is 1. The molecule has 0 amide bonds. The van der Waals surface area contributed by atoms with Gasteiger partial charge in [0.1, 0.15) is 11.8 Å². The minimum Gasteiger partial charge on any atom is -0.386 e. The highest BCUT2D eigenvalue weighted by Crippen LogP contribution is 2.19.